The largest absolute Gasteiger partial charge is 0.378 e. The van der Waals surface area contributed by atoms with Crippen LogP contribution < -0.4 is 5.73 Å². The first kappa shape index (κ1) is 14.1. The van der Waals surface area contributed by atoms with Gasteiger partial charge in [0.1, 0.15) is 0 Å². The van der Waals surface area contributed by atoms with E-state index in [9.17, 15) is 0 Å². The number of benzene rings is 1. The molecule has 2 N–H and O–H groups in total. The molecule has 2 nitrogen and oxygen atoms in total. The van der Waals surface area contributed by atoms with Crippen LogP contribution in [0.1, 0.15) is 56.9 Å². The third-order valence-electron chi connectivity index (χ3n) is 5.38. The highest BCUT2D eigenvalue weighted by Crippen LogP contribution is 2.44. The minimum absolute atomic E-state index is 0.222. The zero-order valence-corrected chi connectivity index (χ0v) is 12.4. The van der Waals surface area contributed by atoms with E-state index in [1.165, 1.54) is 44.1 Å². The van der Waals surface area contributed by atoms with Crippen LogP contribution in [0.2, 0.25) is 0 Å². The second-order valence-corrected chi connectivity index (χ2v) is 6.55. The third kappa shape index (κ3) is 2.77. The lowest BCUT2D eigenvalue weighted by molar-refractivity contribution is 0.0977. The van der Waals surface area contributed by atoms with Gasteiger partial charge in [-0.25, -0.2) is 0 Å². The molecule has 2 unspecified atom stereocenters. The maximum absolute atomic E-state index is 6.67. The summed E-state index contributed by atoms with van der Waals surface area (Å²) in [7, 11) is 0. The Morgan fingerprint density at radius 3 is 2.55 bits per heavy atom. The van der Waals surface area contributed by atoms with Crippen molar-refractivity contribution >= 4 is 0 Å². The molecule has 2 atom stereocenters. The van der Waals surface area contributed by atoms with E-state index in [1.807, 2.05) is 0 Å². The zero-order valence-electron chi connectivity index (χ0n) is 12.4. The second kappa shape index (κ2) is 6.28. The van der Waals surface area contributed by atoms with Gasteiger partial charge in [0.25, 0.3) is 0 Å². The molecule has 3 rings (SSSR count). The third-order valence-corrected chi connectivity index (χ3v) is 5.38. The molecule has 1 aliphatic heterocycles. The fraction of sp³-hybridized carbons (Fsp3) is 0.667. The Bertz CT molecular complexity index is 405. The molecule has 2 heteroatoms. The first-order valence-electron chi connectivity index (χ1n) is 8.24. The average Bonchev–Trinajstić information content (AvgIpc) is 3.18. The van der Waals surface area contributed by atoms with Crippen molar-refractivity contribution in [1.29, 1.82) is 0 Å². The summed E-state index contributed by atoms with van der Waals surface area (Å²) in [5.41, 5.74) is 8.35. The van der Waals surface area contributed by atoms with E-state index in [0.717, 1.165) is 19.4 Å². The van der Waals surface area contributed by atoms with Gasteiger partial charge < -0.3 is 10.5 Å². The topological polar surface area (TPSA) is 35.2 Å². The number of hydrogen-bond acceptors (Lipinski definition) is 2. The molecular formula is C18H27NO. The Kier molecular flexibility index (Phi) is 4.42. The molecule has 1 aliphatic carbocycles. The van der Waals surface area contributed by atoms with Gasteiger partial charge in [-0.15, -0.1) is 0 Å². The predicted octanol–water partition coefficient (Wildman–Crippen LogP) is 3.78. The highest BCUT2D eigenvalue weighted by atomic mass is 16.5. The van der Waals surface area contributed by atoms with Gasteiger partial charge in [0.15, 0.2) is 0 Å². The summed E-state index contributed by atoms with van der Waals surface area (Å²) in [5, 5.41) is 0. The molecule has 2 fully saturated rings. The lowest BCUT2D eigenvalue weighted by Gasteiger charge is -2.36. The van der Waals surface area contributed by atoms with Crippen LogP contribution in [0.25, 0.3) is 0 Å². The van der Waals surface area contributed by atoms with Crippen LogP contribution >= 0.6 is 0 Å². The van der Waals surface area contributed by atoms with Gasteiger partial charge in [0.05, 0.1) is 6.10 Å². The molecule has 20 heavy (non-hydrogen) atoms. The zero-order chi connectivity index (χ0) is 13.8. The summed E-state index contributed by atoms with van der Waals surface area (Å²) in [6.45, 7) is 0.948. The lowest BCUT2D eigenvalue weighted by Crippen LogP contribution is -2.44. The van der Waals surface area contributed by atoms with Crippen LogP contribution in [0.5, 0.6) is 0 Å². The summed E-state index contributed by atoms with van der Waals surface area (Å²) < 4.78 is 5.75. The Balaban J connectivity index is 1.69. The summed E-state index contributed by atoms with van der Waals surface area (Å²) in [6.07, 6.45) is 10.3. The van der Waals surface area contributed by atoms with E-state index in [1.54, 1.807) is 0 Å². The molecular weight excluding hydrogens is 246 g/mol. The minimum Gasteiger partial charge on any atom is -0.378 e. The molecule has 0 amide bonds. The van der Waals surface area contributed by atoms with E-state index < -0.39 is 0 Å². The van der Waals surface area contributed by atoms with Crippen molar-refractivity contribution in [2.24, 2.45) is 5.73 Å². The van der Waals surface area contributed by atoms with Crippen LogP contribution in [-0.2, 0) is 10.2 Å². The Morgan fingerprint density at radius 1 is 1.15 bits per heavy atom. The van der Waals surface area contributed by atoms with Crippen molar-refractivity contribution in [2.75, 3.05) is 6.61 Å². The van der Waals surface area contributed by atoms with Crippen molar-refractivity contribution in [3.63, 3.8) is 0 Å². The molecule has 1 saturated carbocycles. The monoisotopic (exact) mass is 273 g/mol. The quantitative estimate of drug-likeness (QED) is 0.886. The van der Waals surface area contributed by atoms with Crippen molar-refractivity contribution in [3.05, 3.63) is 35.9 Å². The van der Waals surface area contributed by atoms with Crippen LogP contribution in [0.4, 0.5) is 0 Å². The highest BCUT2D eigenvalue weighted by molar-refractivity contribution is 5.29. The predicted molar refractivity (Wildman–Crippen MR) is 82.8 cm³/mol. The normalized spacial score (nSPS) is 26.8. The van der Waals surface area contributed by atoms with Crippen molar-refractivity contribution in [2.45, 2.75) is 68.9 Å². The molecule has 2 aliphatic rings. The van der Waals surface area contributed by atoms with Gasteiger partial charge in [-0.2, -0.15) is 0 Å². The van der Waals surface area contributed by atoms with Gasteiger partial charge in [-0.3, -0.25) is 0 Å². The van der Waals surface area contributed by atoms with Gasteiger partial charge in [-0.05, 0) is 44.1 Å². The molecule has 0 radical (unpaired) electrons. The van der Waals surface area contributed by atoms with E-state index in [0.29, 0.717) is 6.10 Å². The van der Waals surface area contributed by atoms with E-state index in [-0.39, 0.29) is 11.5 Å². The first-order valence-corrected chi connectivity index (χ1v) is 8.24. The maximum atomic E-state index is 6.67. The number of ether oxygens (including phenoxy) is 1. The first-order chi connectivity index (χ1) is 9.81. The van der Waals surface area contributed by atoms with Crippen molar-refractivity contribution in [1.82, 2.24) is 0 Å². The van der Waals surface area contributed by atoms with Gasteiger partial charge in [0, 0.05) is 18.1 Å². The molecule has 0 aromatic heterocycles. The van der Waals surface area contributed by atoms with Crippen molar-refractivity contribution < 1.29 is 4.74 Å². The summed E-state index contributed by atoms with van der Waals surface area (Å²) >= 11 is 0. The molecule has 1 aromatic rings. The van der Waals surface area contributed by atoms with E-state index in [4.69, 9.17) is 10.5 Å². The number of hydrogen-bond donors (Lipinski definition) is 1. The highest BCUT2D eigenvalue weighted by Gasteiger charge is 2.40. The maximum Gasteiger partial charge on any atom is 0.0576 e. The fourth-order valence-electron chi connectivity index (χ4n) is 4.16. The lowest BCUT2D eigenvalue weighted by atomic mass is 9.71. The van der Waals surface area contributed by atoms with Gasteiger partial charge >= 0.3 is 0 Å². The molecule has 110 valence electrons. The van der Waals surface area contributed by atoms with E-state index in [2.05, 4.69) is 30.3 Å². The minimum atomic E-state index is 0.222. The van der Waals surface area contributed by atoms with Crippen LogP contribution in [-0.4, -0.2) is 18.8 Å². The fourth-order valence-corrected chi connectivity index (χ4v) is 4.16. The molecule has 0 spiro atoms. The van der Waals surface area contributed by atoms with Gasteiger partial charge in [0.2, 0.25) is 0 Å². The van der Waals surface area contributed by atoms with Gasteiger partial charge in [-0.1, -0.05) is 43.2 Å². The Labute approximate surface area is 122 Å². The molecule has 1 heterocycles. The van der Waals surface area contributed by atoms with Crippen LogP contribution in [0, 0.1) is 0 Å². The second-order valence-electron chi connectivity index (χ2n) is 6.55. The number of rotatable bonds is 5. The van der Waals surface area contributed by atoms with E-state index >= 15 is 0 Å². The molecule has 1 saturated heterocycles. The summed E-state index contributed by atoms with van der Waals surface area (Å²) in [4.78, 5) is 0. The molecule has 1 aromatic carbocycles. The number of nitrogens with two attached hydrogens (primary N) is 1. The smallest absolute Gasteiger partial charge is 0.0576 e. The van der Waals surface area contributed by atoms with Crippen LogP contribution in [0.3, 0.4) is 0 Å². The Morgan fingerprint density at radius 2 is 1.90 bits per heavy atom. The molecule has 0 bridgehead atoms. The van der Waals surface area contributed by atoms with Crippen molar-refractivity contribution in [3.8, 4) is 0 Å². The Hall–Kier alpha value is -0.860. The summed E-state index contributed by atoms with van der Waals surface area (Å²) in [6, 6.07) is 11.2. The average molecular weight is 273 g/mol. The SMILES string of the molecule is NC(CCC1CCCO1)C1(c2ccccc2)CCCC1. The standard InChI is InChI=1S/C18H27NO/c19-17(11-10-16-9-6-14-20-16)18(12-4-5-13-18)15-7-2-1-3-8-15/h1-3,7-8,16-17H,4-6,9-14,19H2. The van der Waals surface area contributed by atoms with Crippen LogP contribution in [0.15, 0.2) is 30.3 Å². The summed E-state index contributed by atoms with van der Waals surface area (Å²) in [5.74, 6) is 0.